The molecule has 24 heavy (non-hydrogen) atoms. The average molecular weight is 320 g/mol. The highest BCUT2D eigenvalue weighted by Gasteiger charge is 2.11. The second kappa shape index (κ2) is 7.13. The molecule has 2 aromatic carbocycles. The average Bonchev–Trinajstić information content (AvgIpc) is 2.65. The van der Waals surface area contributed by atoms with E-state index in [-0.39, 0.29) is 5.91 Å². The van der Waals surface area contributed by atoms with Crippen molar-refractivity contribution in [1.82, 2.24) is 9.88 Å². The molecule has 0 aliphatic rings. The van der Waals surface area contributed by atoms with E-state index in [1.165, 1.54) is 0 Å². The fourth-order valence-corrected chi connectivity index (χ4v) is 2.53. The normalized spacial score (nSPS) is 10.6. The van der Waals surface area contributed by atoms with Gasteiger partial charge in [-0.1, -0.05) is 30.3 Å². The third-order valence-corrected chi connectivity index (χ3v) is 4.01. The van der Waals surface area contributed by atoms with Gasteiger partial charge in [-0.05, 0) is 31.2 Å². The SMILES string of the molecule is CCN(C)C(=O)c1cccc(OCc2cccc3cccnc23)c1. The quantitative estimate of drug-likeness (QED) is 0.716. The molecule has 4 nitrogen and oxygen atoms in total. The molecule has 0 saturated carbocycles. The van der Waals surface area contributed by atoms with Gasteiger partial charge >= 0.3 is 0 Å². The topological polar surface area (TPSA) is 42.4 Å². The number of carbonyl (C=O) groups excluding carboxylic acids is 1. The van der Waals surface area contributed by atoms with Gasteiger partial charge in [-0.2, -0.15) is 0 Å². The number of para-hydroxylation sites is 1. The number of benzene rings is 2. The second-order valence-corrected chi connectivity index (χ2v) is 5.63. The Kier molecular flexibility index (Phi) is 4.75. The number of pyridine rings is 1. The number of rotatable bonds is 5. The molecule has 0 unspecified atom stereocenters. The first kappa shape index (κ1) is 16.0. The van der Waals surface area contributed by atoms with Crippen LogP contribution >= 0.6 is 0 Å². The molecule has 1 amide bonds. The van der Waals surface area contributed by atoms with Crippen LogP contribution in [-0.2, 0) is 6.61 Å². The molecular weight excluding hydrogens is 300 g/mol. The number of amides is 1. The van der Waals surface area contributed by atoms with E-state index in [9.17, 15) is 4.79 Å². The summed E-state index contributed by atoms with van der Waals surface area (Å²) in [6.45, 7) is 3.03. The molecule has 4 heteroatoms. The summed E-state index contributed by atoms with van der Waals surface area (Å²) in [4.78, 5) is 18.3. The molecule has 0 spiro atoms. The van der Waals surface area contributed by atoms with E-state index in [4.69, 9.17) is 4.74 Å². The minimum atomic E-state index is -0.00484. The zero-order valence-corrected chi connectivity index (χ0v) is 13.9. The van der Waals surface area contributed by atoms with Gasteiger partial charge in [0.15, 0.2) is 0 Å². The van der Waals surface area contributed by atoms with Crippen molar-refractivity contribution in [3.63, 3.8) is 0 Å². The monoisotopic (exact) mass is 320 g/mol. The first-order valence-corrected chi connectivity index (χ1v) is 8.00. The van der Waals surface area contributed by atoms with Crippen molar-refractivity contribution < 1.29 is 9.53 Å². The Bertz CT molecular complexity index is 856. The molecule has 0 atom stereocenters. The van der Waals surface area contributed by atoms with Crippen molar-refractivity contribution in [2.24, 2.45) is 0 Å². The molecule has 3 aromatic rings. The van der Waals surface area contributed by atoms with Crippen molar-refractivity contribution in [3.05, 3.63) is 71.9 Å². The molecule has 1 heterocycles. The smallest absolute Gasteiger partial charge is 0.253 e. The minimum absolute atomic E-state index is 0.00484. The Hall–Kier alpha value is -2.88. The first-order valence-electron chi connectivity index (χ1n) is 8.00. The summed E-state index contributed by atoms with van der Waals surface area (Å²) in [6.07, 6.45) is 1.78. The third-order valence-electron chi connectivity index (χ3n) is 4.01. The van der Waals surface area contributed by atoms with Gasteiger partial charge in [0, 0.05) is 36.3 Å². The lowest BCUT2D eigenvalue weighted by Crippen LogP contribution is -2.26. The van der Waals surface area contributed by atoms with Crippen LogP contribution < -0.4 is 4.74 Å². The molecule has 0 radical (unpaired) electrons. The Labute approximate surface area is 141 Å². The van der Waals surface area contributed by atoms with Gasteiger partial charge in [-0.25, -0.2) is 0 Å². The molecule has 0 aliphatic carbocycles. The minimum Gasteiger partial charge on any atom is -0.489 e. The number of ether oxygens (including phenoxy) is 1. The standard InChI is InChI=1S/C20H20N2O2/c1-3-22(2)20(23)16-8-5-11-18(13-16)24-14-17-9-4-7-15-10-6-12-21-19(15)17/h4-13H,3,14H2,1-2H3. The number of nitrogens with zero attached hydrogens (tertiary/aromatic N) is 2. The van der Waals surface area contributed by atoms with Gasteiger partial charge in [0.2, 0.25) is 0 Å². The highest BCUT2D eigenvalue weighted by Crippen LogP contribution is 2.20. The number of fused-ring (bicyclic) bond motifs is 1. The van der Waals surface area contributed by atoms with E-state index in [1.807, 2.05) is 49.4 Å². The van der Waals surface area contributed by atoms with E-state index in [2.05, 4.69) is 4.98 Å². The van der Waals surface area contributed by atoms with E-state index in [0.29, 0.717) is 24.5 Å². The maximum atomic E-state index is 12.2. The van der Waals surface area contributed by atoms with E-state index < -0.39 is 0 Å². The Morgan fingerprint density at radius 2 is 1.92 bits per heavy atom. The maximum absolute atomic E-state index is 12.2. The summed E-state index contributed by atoms with van der Waals surface area (Å²) in [5.41, 5.74) is 2.60. The molecular formula is C20H20N2O2. The zero-order valence-electron chi connectivity index (χ0n) is 13.9. The lowest BCUT2D eigenvalue weighted by Gasteiger charge is -2.15. The van der Waals surface area contributed by atoms with Crippen LogP contribution in [0.2, 0.25) is 0 Å². The van der Waals surface area contributed by atoms with Crippen LogP contribution in [0.25, 0.3) is 10.9 Å². The summed E-state index contributed by atoms with van der Waals surface area (Å²) < 4.78 is 5.89. The van der Waals surface area contributed by atoms with Crippen LogP contribution in [0.4, 0.5) is 0 Å². The van der Waals surface area contributed by atoms with E-state index in [1.54, 1.807) is 30.3 Å². The van der Waals surface area contributed by atoms with E-state index >= 15 is 0 Å². The number of aromatic nitrogens is 1. The molecule has 0 aliphatic heterocycles. The Morgan fingerprint density at radius 1 is 1.12 bits per heavy atom. The van der Waals surface area contributed by atoms with Crippen LogP contribution in [0, 0.1) is 0 Å². The predicted molar refractivity (Wildman–Crippen MR) is 95.2 cm³/mol. The van der Waals surface area contributed by atoms with Gasteiger partial charge in [0.05, 0.1) is 5.52 Å². The molecule has 0 saturated heterocycles. The highest BCUT2D eigenvalue weighted by atomic mass is 16.5. The largest absolute Gasteiger partial charge is 0.489 e. The van der Waals surface area contributed by atoms with Crippen molar-refractivity contribution in [2.75, 3.05) is 13.6 Å². The molecule has 0 N–H and O–H groups in total. The molecule has 1 aromatic heterocycles. The first-order chi connectivity index (χ1) is 11.7. The van der Waals surface area contributed by atoms with Crippen molar-refractivity contribution in [2.45, 2.75) is 13.5 Å². The summed E-state index contributed by atoms with van der Waals surface area (Å²) >= 11 is 0. The molecule has 3 rings (SSSR count). The van der Waals surface area contributed by atoms with Gasteiger partial charge in [0.1, 0.15) is 12.4 Å². The van der Waals surface area contributed by atoms with Crippen molar-refractivity contribution >= 4 is 16.8 Å². The van der Waals surface area contributed by atoms with Crippen LogP contribution in [0.15, 0.2) is 60.8 Å². The molecule has 0 bridgehead atoms. The summed E-state index contributed by atoms with van der Waals surface area (Å²) in [7, 11) is 1.79. The lowest BCUT2D eigenvalue weighted by molar-refractivity contribution is 0.0802. The van der Waals surface area contributed by atoms with Crippen molar-refractivity contribution in [1.29, 1.82) is 0 Å². The molecule has 0 fully saturated rings. The summed E-state index contributed by atoms with van der Waals surface area (Å²) in [6, 6.07) is 17.3. The van der Waals surface area contributed by atoms with E-state index in [0.717, 1.165) is 16.5 Å². The van der Waals surface area contributed by atoms with Gasteiger partial charge < -0.3 is 9.64 Å². The summed E-state index contributed by atoms with van der Waals surface area (Å²) in [5, 5.41) is 1.09. The number of carbonyl (C=O) groups is 1. The molecule has 122 valence electrons. The fraction of sp³-hybridized carbons (Fsp3) is 0.200. The Balaban J connectivity index is 1.78. The van der Waals surface area contributed by atoms with Crippen LogP contribution in [0.5, 0.6) is 5.75 Å². The van der Waals surface area contributed by atoms with Gasteiger partial charge in [-0.15, -0.1) is 0 Å². The van der Waals surface area contributed by atoms with Crippen LogP contribution in [0.1, 0.15) is 22.8 Å². The fourth-order valence-electron chi connectivity index (χ4n) is 2.53. The second-order valence-electron chi connectivity index (χ2n) is 5.63. The predicted octanol–water partition coefficient (Wildman–Crippen LogP) is 3.91. The lowest BCUT2D eigenvalue weighted by atomic mass is 10.1. The maximum Gasteiger partial charge on any atom is 0.253 e. The number of hydrogen-bond acceptors (Lipinski definition) is 3. The van der Waals surface area contributed by atoms with Gasteiger partial charge in [-0.3, -0.25) is 9.78 Å². The van der Waals surface area contributed by atoms with Crippen LogP contribution in [-0.4, -0.2) is 29.4 Å². The Morgan fingerprint density at radius 3 is 2.75 bits per heavy atom. The van der Waals surface area contributed by atoms with Crippen molar-refractivity contribution in [3.8, 4) is 5.75 Å². The zero-order chi connectivity index (χ0) is 16.9. The third kappa shape index (κ3) is 3.38. The number of hydrogen-bond donors (Lipinski definition) is 0. The van der Waals surface area contributed by atoms with Crippen LogP contribution in [0.3, 0.4) is 0 Å². The highest BCUT2D eigenvalue weighted by molar-refractivity contribution is 5.94. The van der Waals surface area contributed by atoms with Gasteiger partial charge in [0.25, 0.3) is 5.91 Å². The summed E-state index contributed by atoms with van der Waals surface area (Å²) in [5.74, 6) is 0.674.